The van der Waals surface area contributed by atoms with Crippen LogP contribution in [-0.4, -0.2) is 24.0 Å². The van der Waals surface area contributed by atoms with E-state index in [1.807, 2.05) is 6.92 Å². The summed E-state index contributed by atoms with van der Waals surface area (Å²) in [6.07, 6.45) is 0.611. The number of benzene rings is 1. The fraction of sp³-hybridized carbons (Fsp3) is 0.357. The van der Waals surface area contributed by atoms with Crippen molar-refractivity contribution in [3.63, 3.8) is 0 Å². The van der Waals surface area contributed by atoms with Gasteiger partial charge in [-0.15, -0.1) is 0 Å². The largest absolute Gasteiger partial charge is 0.300 e. The van der Waals surface area contributed by atoms with Crippen molar-refractivity contribution in [2.24, 2.45) is 5.92 Å². The lowest BCUT2D eigenvalue weighted by Crippen LogP contribution is -2.36. The van der Waals surface area contributed by atoms with E-state index in [1.54, 1.807) is 6.92 Å². The van der Waals surface area contributed by atoms with Crippen LogP contribution in [0.4, 0.5) is 10.1 Å². The highest BCUT2D eigenvalue weighted by Crippen LogP contribution is 2.36. The SMILES string of the molecule is CCC(C)C(=O)CN1C(=O)C(=O)c2c(Cl)ccc(F)c21. The Hall–Kier alpha value is -1.75. The van der Waals surface area contributed by atoms with Crippen molar-refractivity contribution in [1.29, 1.82) is 0 Å². The molecule has 106 valence electrons. The van der Waals surface area contributed by atoms with Crippen LogP contribution in [0.1, 0.15) is 30.6 Å². The van der Waals surface area contributed by atoms with Crippen LogP contribution in [0.15, 0.2) is 12.1 Å². The van der Waals surface area contributed by atoms with Crippen molar-refractivity contribution in [3.05, 3.63) is 28.5 Å². The van der Waals surface area contributed by atoms with E-state index in [4.69, 9.17) is 11.6 Å². The first kappa shape index (κ1) is 14.7. The topological polar surface area (TPSA) is 54.5 Å². The van der Waals surface area contributed by atoms with Gasteiger partial charge < -0.3 is 0 Å². The molecule has 0 saturated carbocycles. The molecule has 1 amide bonds. The minimum atomic E-state index is -0.913. The molecule has 2 rings (SSSR count). The number of nitrogens with zero attached hydrogens (tertiary/aromatic N) is 1. The van der Waals surface area contributed by atoms with E-state index in [0.29, 0.717) is 6.42 Å². The van der Waals surface area contributed by atoms with Crippen LogP contribution < -0.4 is 4.90 Å². The number of halogens is 2. The Bertz CT molecular complexity index is 615. The van der Waals surface area contributed by atoms with Crippen molar-refractivity contribution in [2.45, 2.75) is 20.3 Å². The minimum absolute atomic E-state index is 0.0123. The summed E-state index contributed by atoms with van der Waals surface area (Å²) in [7, 11) is 0. The van der Waals surface area contributed by atoms with E-state index in [1.165, 1.54) is 6.07 Å². The lowest BCUT2D eigenvalue weighted by molar-refractivity contribution is -0.123. The summed E-state index contributed by atoms with van der Waals surface area (Å²) in [6, 6.07) is 2.30. The number of hydrogen-bond acceptors (Lipinski definition) is 3. The third kappa shape index (κ3) is 2.22. The van der Waals surface area contributed by atoms with Crippen molar-refractivity contribution >= 4 is 34.8 Å². The van der Waals surface area contributed by atoms with Gasteiger partial charge in [0.15, 0.2) is 5.78 Å². The number of fused-ring (bicyclic) bond motifs is 1. The third-order valence-corrected chi connectivity index (χ3v) is 3.81. The van der Waals surface area contributed by atoms with Crippen LogP contribution in [0.2, 0.25) is 5.02 Å². The van der Waals surface area contributed by atoms with Crippen LogP contribution in [0.5, 0.6) is 0 Å². The molecule has 0 aliphatic carbocycles. The molecule has 1 unspecified atom stereocenters. The van der Waals surface area contributed by atoms with Gasteiger partial charge in [-0.2, -0.15) is 0 Å². The molecule has 0 spiro atoms. The predicted molar refractivity (Wildman–Crippen MR) is 72.6 cm³/mol. The maximum absolute atomic E-state index is 13.9. The van der Waals surface area contributed by atoms with Gasteiger partial charge in [0.1, 0.15) is 5.82 Å². The molecule has 1 aromatic carbocycles. The molecule has 20 heavy (non-hydrogen) atoms. The third-order valence-electron chi connectivity index (χ3n) is 3.49. The Kier molecular flexibility index (Phi) is 3.90. The lowest BCUT2D eigenvalue weighted by atomic mass is 10.0. The van der Waals surface area contributed by atoms with Gasteiger partial charge in [0.25, 0.3) is 11.7 Å². The van der Waals surface area contributed by atoms with Crippen LogP contribution in [0.3, 0.4) is 0 Å². The highest BCUT2D eigenvalue weighted by molar-refractivity contribution is 6.55. The molecule has 4 nitrogen and oxygen atoms in total. The van der Waals surface area contributed by atoms with Gasteiger partial charge in [0, 0.05) is 5.92 Å². The molecule has 1 aliphatic rings. The molecule has 6 heteroatoms. The van der Waals surface area contributed by atoms with E-state index in [9.17, 15) is 18.8 Å². The summed E-state index contributed by atoms with van der Waals surface area (Å²) in [4.78, 5) is 36.6. The Morgan fingerprint density at radius 3 is 2.65 bits per heavy atom. The maximum atomic E-state index is 13.9. The van der Waals surface area contributed by atoms with Crippen LogP contribution in [0, 0.1) is 11.7 Å². The Balaban J connectivity index is 2.44. The predicted octanol–water partition coefficient (Wildman–Crippen LogP) is 2.62. The molecule has 1 atom stereocenters. The number of rotatable bonds is 4. The van der Waals surface area contributed by atoms with E-state index < -0.39 is 17.5 Å². The van der Waals surface area contributed by atoms with Gasteiger partial charge in [-0.3, -0.25) is 19.3 Å². The molecule has 0 radical (unpaired) electrons. The minimum Gasteiger partial charge on any atom is -0.297 e. The molecule has 1 heterocycles. The van der Waals surface area contributed by atoms with Crippen molar-refractivity contribution in [2.75, 3.05) is 11.4 Å². The summed E-state index contributed by atoms with van der Waals surface area (Å²) >= 11 is 5.84. The molecule has 0 saturated heterocycles. The Morgan fingerprint density at radius 1 is 1.40 bits per heavy atom. The van der Waals surface area contributed by atoms with Crippen molar-refractivity contribution < 1.29 is 18.8 Å². The maximum Gasteiger partial charge on any atom is 0.300 e. The van der Waals surface area contributed by atoms with Gasteiger partial charge in [-0.1, -0.05) is 25.4 Å². The van der Waals surface area contributed by atoms with Crippen molar-refractivity contribution in [1.82, 2.24) is 0 Å². The zero-order valence-electron chi connectivity index (χ0n) is 11.1. The second-order valence-electron chi connectivity index (χ2n) is 4.75. The number of hydrogen-bond donors (Lipinski definition) is 0. The van der Waals surface area contributed by atoms with E-state index in [0.717, 1.165) is 11.0 Å². The number of carbonyl (C=O) groups is 3. The zero-order chi connectivity index (χ0) is 15.0. The second-order valence-corrected chi connectivity index (χ2v) is 5.16. The Morgan fingerprint density at radius 2 is 2.05 bits per heavy atom. The quantitative estimate of drug-likeness (QED) is 0.803. The lowest BCUT2D eigenvalue weighted by Gasteiger charge is -2.18. The van der Waals surface area contributed by atoms with Gasteiger partial charge in [0.2, 0.25) is 0 Å². The summed E-state index contributed by atoms with van der Waals surface area (Å²) in [5.41, 5.74) is -0.349. The summed E-state index contributed by atoms with van der Waals surface area (Å²) in [5.74, 6) is -3.00. The molecule has 0 aromatic heterocycles. The highest BCUT2D eigenvalue weighted by atomic mass is 35.5. The molecular formula is C14H13ClFNO3. The summed E-state index contributed by atoms with van der Waals surface area (Å²) in [5, 5.41) is 0.0123. The normalized spacial score (nSPS) is 15.5. The smallest absolute Gasteiger partial charge is 0.297 e. The first-order chi connectivity index (χ1) is 9.38. The van der Waals surface area contributed by atoms with E-state index in [-0.39, 0.29) is 34.5 Å². The van der Waals surface area contributed by atoms with Gasteiger partial charge >= 0.3 is 0 Å². The number of anilines is 1. The molecule has 1 aliphatic heterocycles. The van der Waals surface area contributed by atoms with Crippen LogP contribution in [0.25, 0.3) is 0 Å². The summed E-state index contributed by atoms with van der Waals surface area (Å²) < 4.78 is 13.9. The number of ketones is 2. The first-order valence-electron chi connectivity index (χ1n) is 6.25. The highest BCUT2D eigenvalue weighted by Gasteiger charge is 2.40. The van der Waals surface area contributed by atoms with Crippen molar-refractivity contribution in [3.8, 4) is 0 Å². The molecular weight excluding hydrogens is 285 g/mol. The second kappa shape index (κ2) is 5.32. The fourth-order valence-corrected chi connectivity index (χ4v) is 2.28. The van der Waals surface area contributed by atoms with Crippen LogP contribution >= 0.6 is 11.6 Å². The molecule has 0 fully saturated rings. The monoisotopic (exact) mass is 297 g/mol. The van der Waals surface area contributed by atoms with Gasteiger partial charge in [-0.25, -0.2) is 4.39 Å². The first-order valence-corrected chi connectivity index (χ1v) is 6.63. The number of Topliss-reactive ketones (excluding diaryl/α,β-unsaturated/α-hetero) is 2. The molecule has 1 aromatic rings. The average molecular weight is 298 g/mol. The van der Waals surface area contributed by atoms with Gasteiger partial charge in [0.05, 0.1) is 22.8 Å². The van der Waals surface area contributed by atoms with Gasteiger partial charge in [-0.05, 0) is 18.6 Å². The number of carbonyl (C=O) groups excluding carboxylic acids is 3. The standard InChI is InChI=1S/C14H13ClFNO3/c1-3-7(2)10(18)6-17-12-9(16)5-4-8(15)11(12)13(19)14(17)20/h4-5,7H,3,6H2,1-2H3. The molecule has 0 bridgehead atoms. The number of amides is 1. The zero-order valence-corrected chi connectivity index (χ0v) is 11.8. The average Bonchev–Trinajstić information content (AvgIpc) is 2.68. The summed E-state index contributed by atoms with van der Waals surface area (Å²) in [6.45, 7) is 3.24. The fourth-order valence-electron chi connectivity index (χ4n) is 2.04. The van der Waals surface area contributed by atoms with E-state index >= 15 is 0 Å². The van der Waals surface area contributed by atoms with E-state index in [2.05, 4.69) is 0 Å². The van der Waals surface area contributed by atoms with Crippen LogP contribution in [-0.2, 0) is 9.59 Å². The molecule has 0 N–H and O–H groups in total. The Labute approximate surface area is 120 Å².